The van der Waals surface area contributed by atoms with E-state index < -0.39 is 0 Å². The maximum atomic E-state index is 13.4. The number of halogens is 1. The molecule has 0 fully saturated rings. The van der Waals surface area contributed by atoms with E-state index in [-0.39, 0.29) is 18.7 Å². The summed E-state index contributed by atoms with van der Waals surface area (Å²) in [7, 11) is 3.99. The summed E-state index contributed by atoms with van der Waals surface area (Å²) < 4.78 is 26.2. The molecule has 0 bridgehead atoms. The molecule has 1 aliphatic rings. The van der Waals surface area contributed by atoms with E-state index in [4.69, 9.17) is 9.47 Å². The van der Waals surface area contributed by atoms with Crippen molar-refractivity contribution in [1.29, 1.82) is 0 Å². The van der Waals surface area contributed by atoms with Gasteiger partial charge in [-0.2, -0.15) is 0 Å². The highest BCUT2D eigenvalue weighted by Crippen LogP contribution is 2.35. The van der Waals surface area contributed by atoms with Gasteiger partial charge in [0.15, 0.2) is 22.5 Å². The molecule has 0 radical (unpaired) electrons. The third-order valence-corrected chi connectivity index (χ3v) is 5.70. The molecule has 2 heterocycles. The van der Waals surface area contributed by atoms with Gasteiger partial charge in [-0.25, -0.2) is 4.39 Å². The molecule has 1 aromatic heterocycles. The van der Waals surface area contributed by atoms with Gasteiger partial charge in [0.1, 0.15) is 5.82 Å². The molecular formula is C20H21FN4O2S. The molecule has 0 N–H and O–H groups in total. The van der Waals surface area contributed by atoms with Crippen LogP contribution in [0.3, 0.4) is 0 Å². The minimum absolute atomic E-state index is 0.0532. The highest BCUT2D eigenvalue weighted by molar-refractivity contribution is 7.98. The molecule has 1 aliphatic heterocycles. The number of fused-ring (bicyclic) bond motifs is 1. The Morgan fingerprint density at radius 3 is 2.61 bits per heavy atom. The smallest absolute Gasteiger partial charge is 0.231 e. The van der Waals surface area contributed by atoms with Crippen molar-refractivity contribution in [3.05, 3.63) is 59.7 Å². The van der Waals surface area contributed by atoms with Gasteiger partial charge in [-0.15, -0.1) is 10.2 Å². The van der Waals surface area contributed by atoms with Crippen LogP contribution in [0.2, 0.25) is 0 Å². The highest BCUT2D eigenvalue weighted by Gasteiger charge is 2.21. The zero-order chi connectivity index (χ0) is 19.7. The van der Waals surface area contributed by atoms with Crippen LogP contribution in [0.5, 0.6) is 11.5 Å². The molecule has 0 saturated heterocycles. The van der Waals surface area contributed by atoms with E-state index in [1.807, 2.05) is 36.9 Å². The first-order valence-corrected chi connectivity index (χ1v) is 9.90. The zero-order valence-corrected chi connectivity index (χ0v) is 16.7. The summed E-state index contributed by atoms with van der Waals surface area (Å²) in [5, 5.41) is 9.58. The monoisotopic (exact) mass is 400 g/mol. The Labute approximate surface area is 167 Å². The van der Waals surface area contributed by atoms with Crippen molar-refractivity contribution in [3.63, 3.8) is 0 Å². The molecule has 4 rings (SSSR count). The third kappa shape index (κ3) is 3.70. The number of aromatic nitrogens is 3. The number of hydrogen-bond donors (Lipinski definition) is 0. The van der Waals surface area contributed by atoms with Gasteiger partial charge in [0.05, 0.1) is 6.04 Å². The molecule has 8 heteroatoms. The minimum Gasteiger partial charge on any atom is -0.454 e. The predicted molar refractivity (Wildman–Crippen MR) is 106 cm³/mol. The fourth-order valence-corrected chi connectivity index (χ4v) is 3.79. The first kappa shape index (κ1) is 18.8. The van der Waals surface area contributed by atoms with Crippen LogP contribution in [0.1, 0.15) is 24.4 Å². The lowest BCUT2D eigenvalue weighted by Gasteiger charge is -2.20. The standard InChI is InChI=1S/C20H21FN4O2S/c1-13(24(2)3)19-22-23-20(25(19)16-7-5-15(21)6-8-16)28-11-14-4-9-17-18(10-14)27-12-26-17/h4-10,13H,11-12H2,1-3H3/t13-/m0/s1. The Kier molecular flexibility index (Phi) is 5.23. The number of hydrogen-bond acceptors (Lipinski definition) is 6. The van der Waals surface area contributed by atoms with Crippen LogP contribution in [0.25, 0.3) is 5.69 Å². The van der Waals surface area contributed by atoms with E-state index >= 15 is 0 Å². The first-order valence-electron chi connectivity index (χ1n) is 8.92. The molecule has 3 aromatic rings. The van der Waals surface area contributed by atoms with E-state index in [2.05, 4.69) is 22.0 Å². The van der Waals surface area contributed by atoms with Crippen molar-refractivity contribution in [1.82, 2.24) is 19.7 Å². The van der Waals surface area contributed by atoms with Crippen LogP contribution in [0, 0.1) is 5.82 Å². The molecule has 28 heavy (non-hydrogen) atoms. The molecule has 1 atom stereocenters. The Bertz CT molecular complexity index is 975. The van der Waals surface area contributed by atoms with Gasteiger partial charge in [0.25, 0.3) is 0 Å². The lowest BCUT2D eigenvalue weighted by molar-refractivity contribution is 0.174. The van der Waals surface area contributed by atoms with E-state index in [0.29, 0.717) is 5.75 Å². The molecule has 0 saturated carbocycles. The van der Waals surface area contributed by atoms with Gasteiger partial charge in [-0.1, -0.05) is 17.8 Å². The van der Waals surface area contributed by atoms with Crippen LogP contribution in [-0.2, 0) is 5.75 Å². The van der Waals surface area contributed by atoms with Crippen molar-refractivity contribution in [2.45, 2.75) is 23.9 Å². The van der Waals surface area contributed by atoms with Crippen LogP contribution in [0.4, 0.5) is 4.39 Å². The lowest BCUT2D eigenvalue weighted by Crippen LogP contribution is -2.20. The van der Waals surface area contributed by atoms with Crippen LogP contribution >= 0.6 is 11.8 Å². The summed E-state index contributed by atoms with van der Waals surface area (Å²) >= 11 is 1.58. The van der Waals surface area contributed by atoms with E-state index in [1.54, 1.807) is 23.9 Å². The zero-order valence-electron chi connectivity index (χ0n) is 15.9. The van der Waals surface area contributed by atoms with E-state index in [9.17, 15) is 4.39 Å². The second-order valence-corrected chi connectivity index (χ2v) is 7.71. The van der Waals surface area contributed by atoms with Crippen LogP contribution in [0.15, 0.2) is 47.6 Å². The Morgan fingerprint density at radius 1 is 1.11 bits per heavy atom. The number of ether oxygens (including phenoxy) is 2. The molecule has 0 unspecified atom stereocenters. The fourth-order valence-electron chi connectivity index (χ4n) is 2.89. The normalized spacial score (nSPS) is 13.9. The van der Waals surface area contributed by atoms with Gasteiger partial charge >= 0.3 is 0 Å². The second kappa shape index (κ2) is 7.81. The molecule has 146 valence electrons. The van der Waals surface area contributed by atoms with Gasteiger partial charge in [0.2, 0.25) is 6.79 Å². The first-order chi connectivity index (χ1) is 13.5. The average molecular weight is 400 g/mol. The molecular weight excluding hydrogens is 379 g/mol. The van der Waals surface area contributed by atoms with Gasteiger partial charge in [0, 0.05) is 11.4 Å². The number of thioether (sulfide) groups is 1. The lowest BCUT2D eigenvalue weighted by atomic mass is 10.2. The van der Waals surface area contributed by atoms with Crippen molar-refractivity contribution in [2.75, 3.05) is 20.9 Å². The van der Waals surface area contributed by atoms with Crippen LogP contribution in [-0.4, -0.2) is 40.6 Å². The summed E-state index contributed by atoms with van der Waals surface area (Å²) in [6.45, 7) is 2.33. The summed E-state index contributed by atoms with van der Waals surface area (Å²) in [4.78, 5) is 2.07. The summed E-state index contributed by atoms with van der Waals surface area (Å²) in [6, 6.07) is 12.4. The topological polar surface area (TPSA) is 52.4 Å². The van der Waals surface area contributed by atoms with Crippen molar-refractivity contribution in [3.8, 4) is 17.2 Å². The number of benzene rings is 2. The van der Waals surface area contributed by atoms with Gasteiger partial charge in [-0.05, 0) is 63.0 Å². The molecule has 0 aliphatic carbocycles. The maximum Gasteiger partial charge on any atom is 0.231 e. The summed E-state index contributed by atoms with van der Waals surface area (Å²) in [6.07, 6.45) is 0. The maximum absolute atomic E-state index is 13.4. The summed E-state index contributed by atoms with van der Waals surface area (Å²) in [5.41, 5.74) is 1.94. The summed E-state index contributed by atoms with van der Waals surface area (Å²) in [5.74, 6) is 2.77. The quantitative estimate of drug-likeness (QED) is 0.582. The molecule has 6 nitrogen and oxygen atoms in total. The third-order valence-electron chi connectivity index (χ3n) is 4.70. The number of rotatable bonds is 6. The molecule has 0 spiro atoms. The predicted octanol–water partition coefficient (Wildman–Crippen LogP) is 4.05. The fraction of sp³-hybridized carbons (Fsp3) is 0.300. The van der Waals surface area contributed by atoms with Crippen molar-refractivity contribution < 1.29 is 13.9 Å². The van der Waals surface area contributed by atoms with Crippen molar-refractivity contribution in [2.24, 2.45) is 0 Å². The van der Waals surface area contributed by atoms with E-state index in [0.717, 1.165) is 33.7 Å². The van der Waals surface area contributed by atoms with E-state index in [1.165, 1.54) is 12.1 Å². The van der Waals surface area contributed by atoms with Crippen molar-refractivity contribution >= 4 is 11.8 Å². The average Bonchev–Trinajstić information content (AvgIpc) is 3.32. The van der Waals surface area contributed by atoms with Crippen LogP contribution < -0.4 is 9.47 Å². The Balaban J connectivity index is 1.63. The molecule has 0 amide bonds. The molecule has 2 aromatic carbocycles. The Morgan fingerprint density at radius 2 is 1.86 bits per heavy atom. The highest BCUT2D eigenvalue weighted by atomic mass is 32.2. The SMILES string of the molecule is C[C@@H](c1nnc(SCc2ccc3c(c2)OCO3)n1-c1ccc(F)cc1)N(C)C. The Hall–Kier alpha value is -2.58. The van der Waals surface area contributed by atoms with Gasteiger partial charge < -0.3 is 9.47 Å². The van der Waals surface area contributed by atoms with Gasteiger partial charge in [-0.3, -0.25) is 9.47 Å². The second-order valence-electron chi connectivity index (χ2n) is 6.77. The largest absolute Gasteiger partial charge is 0.454 e. The number of nitrogens with zero attached hydrogens (tertiary/aromatic N) is 4. The minimum atomic E-state index is -0.270.